The van der Waals surface area contributed by atoms with Crippen molar-refractivity contribution in [3.63, 3.8) is 0 Å². The zero-order chi connectivity index (χ0) is 70.9. The van der Waals surface area contributed by atoms with Crippen LogP contribution in [0.5, 0.6) is 0 Å². The Morgan fingerprint density at radius 2 is 0.850 bits per heavy atom. The highest BCUT2D eigenvalue weighted by Gasteiger charge is 2.50. The van der Waals surface area contributed by atoms with Gasteiger partial charge in [0.25, 0.3) is 10.9 Å². The van der Waals surface area contributed by atoms with E-state index in [1.807, 2.05) is 74.5 Å². The second-order valence-electron chi connectivity index (χ2n) is 27.3. The van der Waals surface area contributed by atoms with Crippen LogP contribution in [0.2, 0.25) is 0 Å². The zero-order valence-electron chi connectivity index (χ0n) is 58.6. The molecule has 0 unspecified atom stereocenters. The number of Topliss-reactive ketones (excluding diaryl/α,β-unsaturated/α-hetero) is 1. The van der Waals surface area contributed by atoms with Gasteiger partial charge >= 0.3 is 0 Å². The first-order valence-electron chi connectivity index (χ1n) is 36.5. The molecular formula is C77H105N13O10. The van der Waals surface area contributed by atoms with Gasteiger partial charge in [-0.1, -0.05) is 142 Å². The number of carbonyl (C=O) groups is 8. The van der Waals surface area contributed by atoms with Crippen LogP contribution >= 0.6 is 0 Å². The van der Waals surface area contributed by atoms with Crippen molar-refractivity contribution in [3.05, 3.63) is 164 Å². The van der Waals surface area contributed by atoms with Crippen LogP contribution in [0.25, 0.3) is 0 Å². The number of anilines is 2. The maximum atomic E-state index is 14.8. The summed E-state index contributed by atoms with van der Waals surface area (Å²) < 4.78 is 0. The lowest BCUT2D eigenvalue weighted by molar-refractivity contribution is -0.144. The van der Waals surface area contributed by atoms with Gasteiger partial charge in [-0.15, -0.1) is 0 Å². The molecule has 4 heterocycles. The summed E-state index contributed by atoms with van der Waals surface area (Å²) in [4.78, 5) is 143. The van der Waals surface area contributed by atoms with Crippen molar-refractivity contribution in [1.82, 2.24) is 57.7 Å². The number of rotatable bonds is 39. The minimum atomic E-state index is -1.07. The summed E-state index contributed by atoms with van der Waals surface area (Å²) in [5.41, 5.74) is 2.63. The maximum absolute atomic E-state index is 14.8. The molecule has 5 aromatic carbocycles. The molecular weight excluding hydrogens is 1270 g/mol. The smallest absolute Gasteiger partial charge is 0.253 e. The van der Waals surface area contributed by atoms with E-state index in [1.165, 1.54) is 0 Å². The molecule has 4 saturated heterocycles. The van der Waals surface area contributed by atoms with Crippen molar-refractivity contribution in [2.45, 2.75) is 203 Å². The topological polar surface area (TPSA) is 310 Å². The summed E-state index contributed by atoms with van der Waals surface area (Å²) in [6.45, 7) is 7.37. The maximum Gasteiger partial charge on any atom is 0.253 e. The second kappa shape index (κ2) is 38.2. The van der Waals surface area contributed by atoms with E-state index in [0.717, 1.165) is 11.1 Å². The van der Waals surface area contributed by atoms with Crippen molar-refractivity contribution < 1.29 is 38.4 Å². The Kier molecular flexibility index (Phi) is 28.9. The van der Waals surface area contributed by atoms with Gasteiger partial charge < -0.3 is 68.3 Å². The van der Waals surface area contributed by atoms with E-state index in [4.69, 9.17) is 0 Å². The number of nitrogens with zero attached hydrogens (tertiary/aromatic N) is 2. The summed E-state index contributed by atoms with van der Waals surface area (Å²) >= 11 is 0. The molecule has 0 spiro atoms. The van der Waals surface area contributed by atoms with Crippen molar-refractivity contribution >= 4 is 58.5 Å². The molecule has 11 N–H and O–H groups in total. The number of unbranched alkanes of at least 4 members (excludes halogenated alkanes) is 3. The quantitative estimate of drug-likeness (QED) is 0.0166. The molecule has 100 heavy (non-hydrogen) atoms. The lowest BCUT2D eigenvalue weighted by atomic mass is 9.90. The number of carbonyl (C=O) groups excluding carboxylic acids is 8. The van der Waals surface area contributed by atoms with E-state index in [-0.39, 0.29) is 77.7 Å². The zero-order valence-corrected chi connectivity index (χ0v) is 58.6. The number of amides is 7. The van der Waals surface area contributed by atoms with Gasteiger partial charge in [-0.2, -0.15) is 0 Å². The molecule has 23 nitrogen and oxygen atoms in total. The highest BCUT2D eigenvalue weighted by Crippen LogP contribution is 2.38. The monoisotopic (exact) mass is 1370 g/mol. The minimum Gasteiger partial charge on any atom is -0.380 e. The third-order valence-electron chi connectivity index (χ3n) is 20.7. The van der Waals surface area contributed by atoms with Crippen LogP contribution in [-0.2, 0) is 51.4 Å². The first kappa shape index (κ1) is 75.6. The van der Waals surface area contributed by atoms with Gasteiger partial charge in [0.1, 0.15) is 47.6 Å². The molecule has 0 radical (unpaired) electrons. The van der Waals surface area contributed by atoms with Crippen LogP contribution in [0, 0.1) is 11.8 Å². The fourth-order valence-corrected chi connectivity index (χ4v) is 15.0. The predicted octanol–water partition coefficient (Wildman–Crippen LogP) is 5.71. The Bertz CT molecular complexity index is 3320. The van der Waals surface area contributed by atoms with Gasteiger partial charge in [0, 0.05) is 51.2 Å². The van der Waals surface area contributed by atoms with Crippen LogP contribution in [0.15, 0.2) is 131 Å². The van der Waals surface area contributed by atoms with Gasteiger partial charge in [0.2, 0.25) is 41.4 Å². The van der Waals surface area contributed by atoms with Crippen LogP contribution in [0.4, 0.5) is 11.4 Å². The van der Waals surface area contributed by atoms with Gasteiger partial charge in [0.05, 0.1) is 12.1 Å². The summed E-state index contributed by atoms with van der Waals surface area (Å²) in [7, 11) is 3.44. The summed E-state index contributed by atoms with van der Waals surface area (Å²) in [6.07, 6.45) is 10.0. The Balaban J connectivity index is 0.724. The fourth-order valence-electron chi connectivity index (χ4n) is 15.0. The molecule has 4 aliphatic heterocycles. The first-order valence-corrected chi connectivity index (χ1v) is 36.5. The minimum absolute atomic E-state index is 0.154. The lowest BCUT2D eigenvalue weighted by Gasteiger charge is -2.33. The molecule has 9 rings (SSSR count). The molecule has 7 amide bonds. The summed E-state index contributed by atoms with van der Waals surface area (Å²) in [5.74, 6) is -2.89. The number of hydrogen-bond acceptors (Lipinski definition) is 16. The highest BCUT2D eigenvalue weighted by molar-refractivity contribution is 5.98. The molecule has 0 saturated carbocycles. The van der Waals surface area contributed by atoms with E-state index in [9.17, 15) is 47.9 Å². The Morgan fingerprint density at radius 3 is 1.29 bits per heavy atom. The largest absolute Gasteiger partial charge is 0.380 e. The average Bonchev–Trinajstić information content (AvgIpc) is 1.71. The Hall–Kier alpha value is -8.64. The second-order valence-corrected chi connectivity index (χ2v) is 27.3. The van der Waals surface area contributed by atoms with E-state index in [0.29, 0.717) is 160 Å². The molecule has 0 bridgehead atoms. The van der Waals surface area contributed by atoms with E-state index in [1.54, 1.807) is 60.3 Å². The number of ketones is 1. The fraction of sp³-hybridized carbons (Fsp3) is 0.532. The number of fused-ring (bicyclic) bond motifs is 2. The van der Waals surface area contributed by atoms with Gasteiger partial charge in [-0.05, 0) is 164 Å². The average molecular weight is 1370 g/mol. The van der Waals surface area contributed by atoms with Gasteiger partial charge in [-0.3, -0.25) is 47.9 Å². The van der Waals surface area contributed by atoms with E-state index in [2.05, 4.69) is 82.8 Å². The molecule has 12 atom stereocenters. The van der Waals surface area contributed by atoms with E-state index >= 15 is 0 Å². The third-order valence-corrected chi connectivity index (χ3v) is 20.7. The molecule has 0 aliphatic carbocycles. The highest BCUT2D eigenvalue weighted by atomic mass is 16.2. The SMILES string of the molecule is CC[C@H](NC)C(=O)N[C@@H]1C(=O)N2[C@@H](CC[C@@H]1CCNCc1ccccc1)CC[C@H]2C(=O)N[C@H](C(=O)CCCCCNc1c(NCCCCNC(=O)[C@@H](NC(=O)[C@@H]2CC[C@@H]3CC[C@H](CCNCc4ccccc4)[C@H](NC(=O)[C@H](CC)NC)C(=O)N32)c2ccccc2)c(=O)c1=O)c1ccccc1. The third kappa shape index (κ3) is 19.9. The van der Waals surface area contributed by atoms with Crippen molar-refractivity contribution in [3.8, 4) is 0 Å². The molecule has 4 aliphatic rings. The first-order chi connectivity index (χ1) is 48.6. The molecule has 5 aromatic rings. The predicted molar refractivity (Wildman–Crippen MR) is 387 cm³/mol. The van der Waals surface area contributed by atoms with Crippen molar-refractivity contribution in [2.24, 2.45) is 11.8 Å². The van der Waals surface area contributed by atoms with Gasteiger partial charge in [-0.25, -0.2) is 0 Å². The van der Waals surface area contributed by atoms with Crippen LogP contribution in [0.1, 0.15) is 164 Å². The van der Waals surface area contributed by atoms with E-state index < -0.39 is 76.9 Å². The van der Waals surface area contributed by atoms with Crippen LogP contribution in [0.3, 0.4) is 0 Å². The Labute approximate surface area is 588 Å². The van der Waals surface area contributed by atoms with Crippen molar-refractivity contribution in [2.75, 3.05) is 57.5 Å². The van der Waals surface area contributed by atoms with Crippen LogP contribution < -0.4 is 69.3 Å². The van der Waals surface area contributed by atoms with Gasteiger partial charge in [0.15, 0.2) is 5.78 Å². The summed E-state index contributed by atoms with van der Waals surface area (Å²) in [5, 5.41) is 34.5. The summed E-state index contributed by atoms with van der Waals surface area (Å²) in [6, 6.07) is 31.4. The number of likely N-dealkylation sites (N-methyl/N-ethyl adjacent to an activating group) is 2. The normalized spacial score (nSPS) is 21.7. The number of benzene rings is 4. The molecule has 0 aromatic heterocycles. The van der Waals surface area contributed by atoms with Crippen molar-refractivity contribution in [1.29, 1.82) is 0 Å². The lowest BCUT2D eigenvalue weighted by Crippen LogP contribution is -2.58. The Morgan fingerprint density at radius 1 is 0.450 bits per heavy atom. The molecule has 538 valence electrons. The number of nitrogens with one attached hydrogen (secondary N) is 11. The van der Waals surface area contributed by atoms with Crippen LogP contribution in [-0.4, -0.2) is 152 Å². The molecule has 4 fully saturated rings. The molecule has 23 heteroatoms. The standard InChI is InChI=1S/C77H105N13O10/c1-5-58(78-3)71(94)87-65-54(41-46-80-48-50-24-12-7-13-25-50)33-35-56-37-39-60(89(56)76(65)99)73(96)85-63(52-28-16-9-17-29-52)62(91)32-20-11-21-43-82-67-68(70(93)69(67)92)83-44-22-23-45-84-75(98)64(53-30-18-10-19-31-53)86-74(97)61-40-38-57-36-34-55(42-47-81-49-51-26-14-8-15-27-51)66(77(100)90(57)61)88-72(95)59(6-2)79-4/h7-10,12-19,24-31,54-61,63-66,78-83H,5-6,11,20-23,32-49H2,1-4H3,(H,84,98)(H,85,96)(H,86,97)(H,87,94)(H,88,95)/t54-,55-,56+,57+,58+,59+,60+,61+,63+,64+,65+,66+/m1/s1. The number of hydrogen-bond donors (Lipinski definition) is 11.